The van der Waals surface area contributed by atoms with Crippen molar-refractivity contribution in [3.63, 3.8) is 0 Å². The maximum absolute atomic E-state index is 14.1. The van der Waals surface area contributed by atoms with Gasteiger partial charge in [0.1, 0.15) is 11.9 Å². The van der Waals surface area contributed by atoms with E-state index < -0.39 is 11.9 Å². The Hall–Kier alpha value is -2.20. The van der Waals surface area contributed by atoms with Gasteiger partial charge < -0.3 is 10.4 Å². The van der Waals surface area contributed by atoms with Crippen molar-refractivity contribution in [1.82, 2.24) is 0 Å². The molecule has 2 aromatic rings. The van der Waals surface area contributed by atoms with Crippen LogP contribution in [0, 0.1) is 12.7 Å². The Morgan fingerprint density at radius 1 is 1.14 bits per heavy atom. The predicted molar refractivity (Wildman–Crippen MR) is 78.6 cm³/mol. The summed E-state index contributed by atoms with van der Waals surface area (Å²) in [6, 6.07) is 10.5. The van der Waals surface area contributed by atoms with Crippen LogP contribution in [-0.2, 0) is 11.2 Å². The van der Waals surface area contributed by atoms with Gasteiger partial charge in [0.05, 0.1) is 5.69 Å². The fourth-order valence-electron chi connectivity index (χ4n) is 2.57. The second-order valence-electron chi connectivity index (χ2n) is 5.40. The normalized spacial score (nSPS) is 15.3. The van der Waals surface area contributed by atoms with Gasteiger partial charge >= 0.3 is 0 Å². The molecule has 3 rings (SSSR count). The number of benzene rings is 2. The number of aliphatic hydroxyl groups is 1. The summed E-state index contributed by atoms with van der Waals surface area (Å²) in [6.45, 7) is 1.97. The zero-order valence-electron chi connectivity index (χ0n) is 11.7. The van der Waals surface area contributed by atoms with Gasteiger partial charge in [-0.15, -0.1) is 0 Å². The largest absolute Gasteiger partial charge is 0.384 e. The Balaban J connectivity index is 1.97. The molecule has 2 N–H and O–H groups in total. The zero-order valence-corrected chi connectivity index (χ0v) is 11.7. The van der Waals surface area contributed by atoms with E-state index in [2.05, 4.69) is 5.32 Å². The van der Waals surface area contributed by atoms with E-state index in [0.717, 1.165) is 16.7 Å². The summed E-state index contributed by atoms with van der Waals surface area (Å²) in [5, 5.41) is 13.0. The molecule has 0 spiro atoms. The standard InChI is InChI=1S/C17H16FNO2/c1-10-2-4-11(5-3-10)17(21)13-8-12-6-7-15(20)19-16(12)14(18)9-13/h2-5,8-9,17,21H,6-7H2,1H3,(H,19,20). The molecular formula is C17H16FNO2. The van der Waals surface area contributed by atoms with E-state index in [1.54, 1.807) is 6.07 Å². The molecule has 0 fully saturated rings. The topological polar surface area (TPSA) is 49.3 Å². The number of halogens is 1. The number of carbonyl (C=O) groups excluding carboxylic acids is 1. The fourth-order valence-corrected chi connectivity index (χ4v) is 2.57. The number of aliphatic hydroxyl groups excluding tert-OH is 1. The molecule has 1 atom stereocenters. The van der Waals surface area contributed by atoms with Crippen LogP contribution >= 0.6 is 0 Å². The predicted octanol–water partition coefficient (Wildman–Crippen LogP) is 3.10. The van der Waals surface area contributed by atoms with Gasteiger partial charge in [-0.05, 0) is 36.1 Å². The lowest BCUT2D eigenvalue weighted by Gasteiger charge is -2.20. The van der Waals surface area contributed by atoms with E-state index in [4.69, 9.17) is 0 Å². The van der Waals surface area contributed by atoms with Crippen molar-refractivity contribution in [2.75, 3.05) is 5.32 Å². The molecule has 3 nitrogen and oxygen atoms in total. The summed E-state index contributed by atoms with van der Waals surface area (Å²) in [5.41, 5.74) is 3.30. The zero-order chi connectivity index (χ0) is 15.0. The number of aryl methyl sites for hydroxylation is 2. The number of carbonyl (C=O) groups is 1. The number of amides is 1. The van der Waals surface area contributed by atoms with Crippen molar-refractivity contribution in [2.45, 2.75) is 25.9 Å². The lowest BCUT2D eigenvalue weighted by molar-refractivity contribution is -0.116. The number of hydrogen-bond acceptors (Lipinski definition) is 2. The van der Waals surface area contributed by atoms with Crippen molar-refractivity contribution in [3.05, 3.63) is 64.5 Å². The number of fused-ring (bicyclic) bond motifs is 1. The van der Waals surface area contributed by atoms with E-state index in [1.165, 1.54) is 6.07 Å². The molecule has 1 heterocycles. The van der Waals surface area contributed by atoms with Gasteiger partial charge in [0.2, 0.25) is 5.91 Å². The molecule has 21 heavy (non-hydrogen) atoms. The van der Waals surface area contributed by atoms with Crippen LogP contribution in [0.4, 0.5) is 10.1 Å². The monoisotopic (exact) mass is 285 g/mol. The van der Waals surface area contributed by atoms with Crippen LogP contribution in [0.15, 0.2) is 36.4 Å². The van der Waals surface area contributed by atoms with Crippen molar-refractivity contribution >= 4 is 11.6 Å². The van der Waals surface area contributed by atoms with E-state index in [1.807, 2.05) is 31.2 Å². The third-order valence-electron chi connectivity index (χ3n) is 3.79. The van der Waals surface area contributed by atoms with Gasteiger partial charge in [0.15, 0.2) is 0 Å². The first-order chi connectivity index (χ1) is 10.0. The van der Waals surface area contributed by atoms with Gasteiger partial charge in [-0.2, -0.15) is 0 Å². The van der Waals surface area contributed by atoms with Crippen molar-refractivity contribution in [2.24, 2.45) is 0 Å². The summed E-state index contributed by atoms with van der Waals surface area (Å²) in [6.07, 6.45) is -0.0358. The molecule has 0 bridgehead atoms. The Morgan fingerprint density at radius 2 is 1.86 bits per heavy atom. The van der Waals surface area contributed by atoms with E-state index in [9.17, 15) is 14.3 Å². The van der Waals surface area contributed by atoms with Crippen LogP contribution in [0.3, 0.4) is 0 Å². The Labute approximate surface area is 122 Å². The van der Waals surface area contributed by atoms with E-state index in [-0.39, 0.29) is 11.6 Å². The SMILES string of the molecule is Cc1ccc(C(O)c2cc(F)c3c(c2)CCC(=O)N3)cc1. The van der Waals surface area contributed by atoms with Crippen molar-refractivity contribution < 1.29 is 14.3 Å². The highest BCUT2D eigenvalue weighted by Crippen LogP contribution is 2.31. The molecule has 1 amide bonds. The van der Waals surface area contributed by atoms with E-state index in [0.29, 0.717) is 18.4 Å². The van der Waals surface area contributed by atoms with Gasteiger partial charge in [-0.3, -0.25) is 4.79 Å². The van der Waals surface area contributed by atoms with Crippen LogP contribution < -0.4 is 5.32 Å². The Kier molecular flexibility index (Phi) is 3.47. The van der Waals surface area contributed by atoms with Crippen LogP contribution in [0.2, 0.25) is 0 Å². The van der Waals surface area contributed by atoms with Gasteiger partial charge in [0, 0.05) is 6.42 Å². The number of nitrogens with one attached hydrogen (secondary N) is 1. The molecule has 2 aromatic carbocycles. The van der Waals surface area contributed by atoms with Crippen molar-refractivity contribution in [1.29, 1.82) is 0 Å². The van der Waals surface area contributed by atoms with Gasteiger partial charge in [-0.25, -0.2) is 4.39 Å². The highest BCUT2D eigenvalue weighted by molar-refractivity contribution is 5.94. The first-order valence-electron chi connectivity index (χ1n) is 6.91. The van der Waals surface area contributed by atoms with Crippen LogP contribution in [0.1, 0.15) is 34.8 Å². The molecular weight excluding hydrogens is 269 g/mol. The third-order valence-corrected chi connectivity index (χ3v) is 3.79. The molecule has 4 heteroatoms. The van der Waals surface area contributed by atoms with Crippen LogP contribution in [-0.4, -0.2) is 11.0 Å². The molecule has 0 radical (unpaired) electrons. The maximum atomic E-state index is 14.1. The molecule has 0 aromatic heterocycles. The number of anilines is 1. The summed E-state index contributed by atoms with van der Waals surface area (Å²) in [7, 11) is 0. The number of hydrogen-bond donors (Lipinski definition) is 2. The summed E-state index contributed by atoms with van der Waals surface area (Å²) >= 11 is 0. The highest BCUT2D eigenvalue weighted by atomic mass is 19.1. The summed E-state index contributed by atoms with van der Waals surface area (Å²) < 4.78 is 14.1. The maximum Gasteiger partial charge on any atom is 0.224 e. The second-order valence-corrected chi connectivity index (χ2v) is 5.40. The minimum Gasteiger partial charge on any atom is -0.384 e. The van der Waals surface area contributed by atoms with Crippen LogP contribution in [0.5, 0.6) is 0 Å². The average Bonchev–Trinajstić information content (AvgIpc) is 2.48. The molecule has 0 saturated carbocycles. The second kappa shape index (κ2) is 5.30. The molecule has 0 aliphatic carbocycles. The Bertz CT molecular complexity index is 695. The van der Waals surface area contributed by atoms with Gasteiger partial charge in [-0.1, -0.05) is 35.9 Å². The fraction of sp³-hybridized carbons (Fsp3) is 0.235. The minimum atomic E-state index is -0.872. The molecule has 1 aliphatic heterocycles. The molecule has 1 unspecified atom stereocenters. The van der Waals surface area contributed by atoms with Crippen molar-refractivity contribution in [3.8, 4) is 0 Å². The molecule has 1 aliphatic rings. The lowest BCUT2D eigenvalue weighted by atomic mass is 9.94. The van der Waals surface area contributed by atoms with Gasteiger partial charge in [0.25, 0.3) is 0 Å². The Morgan fingerprint density at radius 3 is 2.57 bits per heavy atom. The summed E-state index contributed by atoms with van der Waals surface area (Å²) in [4.78, 5) is 11.3. The molecule has 0 saturated heterocycles. The van der Waals surface area contributed by atoms with E-state index >= 15 is 0 Å². The van der Waals surface area contributed by atoms with Crippen LogP contribution in [0.25, 0.3) is 0 Å². The minimum absolute atomic E-state index is 0.173. The first kappa shape index (κ1) is 13.8. The smallest absolute Gasteiger partial charge is 0.224 e. The first-order valence-corrected chi connectivity index (χ1v) is 6.91. The lowest BCUT2D eigenvalue weighted by Crippen LogP contribution is -2.20. The highest BCUT2D eigenvalue weighted by Gasteiger charge is 2.21. The third kappa shape index (κ3) is 2.67. The summed E-state index contributed by atoms with van der Waals surface area (Å²) in [5.74, 6) is -0.671. The number of rotatable bonds is 2. The molecule has 108 valence electrons. The average molecular weight is 285 g/mol. The quantitative estimate of drug-likeness (QED) is 0.890.